The SMILES string of the molecule is Cc1cccc(C)c1NC(=O)CNC(=O)CNc1ccccc1Cl. The van der Waals surface area contributed by atoms with Gasteiger partial charge in [0.1, 0.15) is 0 Å². The summed E-state index contributed by atoms with van der Waals surface area (Å²) < 4.78 is 0. The van der Waals surface area contributed by atoms with Crippen molar-refractivity contribution in [2.24, 2.45) is 0 Å². The molecule has 0 saturated carbocycles. The molecule has 0 aliphatic rings. The maximum Gasteiger partial charge on any atom is 0.243 e. The van der Waals surface area contributed by atoms with Gasteiger partial charge < -0.3 is 16.0 Å². The highest BCUT2D eigenvalue weighted by Gasteiger charge is 2.09. The van der Waals surface area contributed by atoms with Crippen LogP contribution in [0.5, 0.6) is 0 Å². The van der Waals surface area contributed by atoms with Gasteiger partial charge in [-0.25, -0.2) is 0 Å². The number of rotatable bonds is 6. The Morgan fingerprint density at radius 1 is 0.917 bits per heavy atom. The second kappa shape index (κ2) is 8.36. The van der Waals surface area contributed by atoms with Crippen molar-refractivity contribution in [3.05, 3.63) is 58.6 Å². The number of aryl methyl sites for hydroxylation is 2. The summed E-state index contributed by atoms with van der Waals surface area (Å²) in [6.07, 6.45) is 0. The molecular formula is C18H20ClN3O2. The molecule has 3 N–H and O–H groups in total. The monoisotopic (exact) mass is 345 g/mol. The van der Waals surface area contributed by atoms with Gasteiger partial charge in [0.15, 0.2) is 0 Å². The fourth-order valence-electron chi connectivity index (χ4n) is 2.22. The molecule has 0 spiro atoms. The molecule has 0 fully saturated rings. The summed E-state index contributed by atoms with van der Waals surface area (Å²) in [6.45, 7) is 3.81. The lowest BCUT2D eigenvalue weighted by Gasteiger charge is -2.12. The number of carbonyl (C=O) groups excluding carboxylic acids is 2. The third-order valence-electron chi connectivity index (χ3n) is 3.50. The van der Waals surface area contributed by atoms with E-state index in [1.54, 1.807) is 12.1 Å². The molecule has 0 heterocycles. The number of amides is 2. The zero-order chi connectivity index (χ0) is 17.5. The van der Waals surface area contributed by atoms with E-state index in [0.717, 1.165) is 16.8 Å². The zero-order valence-corrected chi connectivity index (χ0v) is 14.4. The van der Waals surface area contributed by atoms with E-state index in [1.165, 1.54) is 0 Å². The molecule has 0 aliphatic heterocycles. The van der Waals surface area contributed by atoms with Crippen LogP contribution in [0.1, 0.15) is 11.1 Å². The predicted molar refractivity (Wildman–Crippen MR) is 97.5 cm³/mol. The molecule has 24 heavy (non-hydrogen) atoms. The first-order valence-corrected chi connectivity index (χ1v) is 7.96. The minimum absolute atomic E-state index is 0.0421. The summed E-state index contributed by atoms with van der Waals surface area (Å²) in [6, 6.07) is 12.9. The Hall–Kier alpha value is -2.53. The minimum Gasteiger partial charge on any atom is -0.375 e. The minimum atomic E-state index is -0.286. The summed E-state index contributed by atoms with van der Waals surface area (Å²) in [5.41, 5.74) is 3.42. The highest BCUT2D eigenvalue weighted by molar-refractivity contribution is 6.33. The Morgan fingerprint density at radius 3 is 2.25 bits per heavy atom. The summed E-state index contributed by atoms with van der Waals surface area (Å²) in [7, 11) is 0. The molecule has 2 amide bonds. The average Bonchev–Trinajstić information content (AvgIpc) is 2.56. The second-order valence-corrected chi connectivity index (χ2v) is 5.83. The van der Waals surface area contributed by atoms with Crippen LogP contribution in [0, 0.1) is 13.8 Å². The molecule has 0 bridgehead atoms. The molecule has 2 aromatic carbocycles. The maximum atomic E-state index is 12.0. The van der Waals surface area contributed by atoms with Gasteiger partial charge in [-0.05, 0) is 37.1 Å². The van der Waals surface area contributed by atoms with Gasteiger partial charge in [0, 0.05) is 5.69 Å². The Bertz CT molecular complexity index is 727. The van der Waals surface area contributed by atoms with Gasteiger partial charge in [-0.1, -0.05) is 41.9 Å². The quantitative estimate of drug-likeness (QED) is 0.753. The first kappa shape index (κ1) is 17.8. The van der Waals surface area contributed by atoms with E-state index in [2.05, 4.69) is 16.0 Å². The van der Waals surface area contributed by atoms with Gasteiger partial charge in [0.25, 0.3) is 0 Å². The molecule has 0 unspecified atom stereocenters. The standard InChI is InChI=1S/C18H20ClN3O2/c1-12-6-5-7-13(2)18(12)22-17(24)11-21-16(23)10-20-15-9-4-3-8-14(15)19/h3-9,20H,10-11H2,1-2H3,(H,21,23)(H,22,24). The number of carbonyl (C=O) groups is 2. The molecule has 0 radical (unpaired) electrons. The van der Waals surface area contributed by atoms with Crippen LogP contribution < -0.4 is 16.0 Å². The highest BCUT2D eigenvalue weighted by Crippen LogP contribution is 2.20. The van der Waals surface area contributed by atoms with E-state index >= 15 is 0 Å². The third-order valence-corrected chi connectivity index (χ3v) is 3.83. The van der Waals surface area contributed by atoms with Crippen LogP contribution in [0.2, 0.25) is 5.02 Å². The summed E-state index contributed by atoms with van der Waals surface area (Å²) in [5.74, 6) is -0.551. The van der Waals surface area contributed by atoms with Crippen molar-refractivity contribution >= 4 is 34.8 Å². The lowest BCUT2D eigenvalue weighted by Crippen LogP contribution is -2.36. The molecular weight excluding hydrogens is 326 g/mol. The second-order valence-electron chi connectivity index (χ2n) is 5.43. The van der Waals surface area contributed by atoms with Crippen molar-refractivity contribution in [3.63, 3.8) is 0 Å². The highest BCUT2D eigenvalue weighted by atomic mass is 35.5. The van der Waals surface area contributed by atoms with E-state index in [0.29, 0.717) is 10.7 Å². The van der Waals surface area contributed by atoms with Gasteiger partial charge in [-0.2, -0.15) is 0 Å². The van der Waals surface area contributed by atoms with E-state index in [1.807, 2.05) is 44.2 Å². The average molecular weight is 346 g/mol. The Labute approximate surface area is 146 Å². The van der Waals surface area contributed by atoms with Gasteiger partial charge in [-0.15, -0.1) is 0 Å². The summed E-state index contributed by atoms with van der Waals surface area (Å²) in [4.78, 5) is 23.8. The number of hydrogen-bond acceptors (Lipinski definition) is 3. The van der Waals surface area contributed by atoms with Crippen LogP contribution in [0.15, 0.2) is 42.5 Å². The van der Waals surface area contributed by atoms with Gasteiger partial charge in [-0.3, -0.25) is 9.59 Å². The van der Waals surface area contributed by atoms with Crippen LogP contribution in [0.3, 0.4) is 0 Å². The Balaban J connectivity index is 1.79. The van der Waals surface area contributed by atoms with Crippen LogP contribution in [-0.4, -0.2) is 24.9 Å². The lowest BCUT2D eigenvalue weighted by molar-refractivity contribution is -0.122. The third kappa shape index (κ3) is 4.99. The molecule has 0 aliphatic carbocycles. The van der Waals surface area contributed by atoms with Gasteiger partial charge in [0.2, 0.25) is 11.8 Å². The van der Waals surface area contributed by atoms with E-state index in [4.69, 9.17) is 11.6 Å². The molecule has 0 saturated heterocycles. The van der Waals surface area contributed by atoms with Crippen LogP contribution >= 0.6 is 11.6 Å². The maximum absolute atomic E-state index is 12.0. The zero-order valence-electron chi connectivity index (χ0n) is 13.7. The smallest absolute Gasteiger partial charge is 0.243 e. The van der Waals surface area contributed by atoms with Crippen molar-refractivity contribution in [3.8, 4) is 0 Å². The fraction of sp³-hybridized carbons (Fsp3) is 0.222. The number of hydrogen-bond donors (Lipinski definition) is 3. The number of benzene rings is 2. The van der Waals surface area contributed by atoms with Gasteiger partial charge in [0.05, 0.1) is 23.8 Å². The van der Waals surface area contributed by atoms with Crippen molar-refractivity contribution in [1.82, 2.24) is 5.32 Å². The van der Waals surface area contributed by atoms with Crippen LogP contribution in [0.4, 0.5) is 11.4 Å². The Kier molecular flexibility index (Phi) is 6.21. The first-order valence-electron chi connectivity index (χ1n) is 7.58. The molecule has 0 atom stereocenters. The predicted octanol–water partition coefficient (Wildman–Crippen LogP) is 3.12. The molecule has 2 aromatic rings. The van der Waals surface area contributed by atoms with Crippen LogP contribution in [0.25, 0.3) is 0 Å². The van der Waals surface area contributed by atoms with Crippen molar-refractivity contribution in [2.45, 2.75) is 13.8 Å². The number of anilines is 2. The lowest BCUT2D eigenvalue weighted by atomic mass is 10.1. The van der Waals surface area contributed by atoms with Crippen molar-refractivity contribution in [1.29, 1.82) is 0 Å². The van der Waals surface area contributed by atoms with Crippen molar-refractivity contribution < 1.29 is 9.59 Å². The van der Waals surface area contributed by atoms with Crippen molar-refractivity contribution in [2.75, 3.05) is 23.7 Å². The molecule has 0 aromatic heterocycles. The molecule has 5 nitrogen and oxygen atoms in total. The van der Waals surface area contributed by atoms with Gasteiger partial charge >= 0.3 is 0 Å². The number of para-hydroxylation sites is 2. The number of halogens is 1. The normalized spacial score (nSPS) is 10.1. The Morgan fingerprint density at radius 2 is 1.58 bits per heavy atom. The first-order chi connectivity index (χ1) is 11.5. The van der Waals surface area contributed by atoms with E-state index in [9.17, 15) is 9.59 Å². The van der Waals surface area contributed by atoms with Crippen LogP contribution in [-0.2, 0) is 9.59 Å². The van der Waals surface area contributed by atoms with E-state index in [-0.39, 0.29) is 24.9 Å². The topological polar surface area (TPSA) is 70.2 Å². The summed E-state index contributed by atoms with van der Waals surface area (Å²) in [5, 5.41) is 8.86. The fourth-order valence-corrected chi connectivity index (χ4v) is 2.42. The number of nitrogens with one attached hydrogen (secondary N) is 3. The molecule has 126 valence electrons. The summed E-state index contributed by atoms with van der Waals surface area (Å²) >= 11 is 6.00. The molecule has 2 rings (SSSR count). The largest absolute Gasteiger partial charge is 0.375 e. The molecule has 6 heteroatoms. The van der Waals surface area contributed by atoms with E-state index < -0.39 is 0 Å².